The van der Waals surface area contributed by atoms with Crippen molar-refractivity contribution in [2.75, 3.05) is 19.7 Å². The third-order valence-electron chi connectivity index (χ3n) is 3.71. The second kappa shape index (κ2) is 8.28. The van der Waals surface area contributed by atoms with E-state index in [-0.39, 0.29) is 0 Å². The Labute approximate surface area is 123 Å². The maximum Gasteiger partial charge on any atom is 0.119 e. The van der Waals surface area contributed by atoms with Crippen LogP contribution < -0.4 is 16.2 Å². The molecule has 1 aromatic rings. The molecular weight excluding hydrogens is 248 g/mol. The number of rotatable bonds is 8. The van der Waals surface area contributed by atoms with E-state index in [2.05, 4.69) is 45.9 Å². The maximum atomic E-state index is 5.77. The van der Waals surface area contributed by atoms with Crippen molar-refractivity contribution in [3.05, 3.63) is 29.3 Å². The van der Waals surface area contributed by atoms with Gasteiger partial charge in [0.05, 0.1) is 6.61 Å². The van der Waals surface area contributed by atoms with Crippen molar-refractivity contribution >= 4 is 0 Å². The van der Waals surface area contributed by atoms with E-state index in [1.807, 2.05) is 0 Å². The van der Waals surface area contributed by atoms with Gasteiger partial charge in [-0.05, 0) is 67.4 Å². The lowest BCUT2D eigenvalue weighted by Gasteiger charge is -2.20. The van der Waals surface area contributed by atoms with Gasteiger partial charge in [-0.25, -0.2) is 0 Å². The Morgan fingerprint density at radius 3 is 2.25 bits per heavy atom. The lowest BCUT2D eigenvalue weighted by Crippen LogP contribution is -2.24. The Hall–Kier alpha value is -1.06. The minimum absolute atomic E-state index is 0.404. The van der Waals surface area contributed by atoms with Crippen molar-refractivity contribution in [3.8, 4) is 5.75 Å². The molecule has 1 rings (SSSR count). The molecule has 0 spiro atoms. The van der Waals surface area contributed by atoms with Crippen molar-refractivity contribution in [2.45, 2.75) is 40.0 Å². The molecule has 4 N–H and O–H groups in total. The van der Waals surface area contributed by atoms with Crippen LogP contribution in [0.3, 0.4) is 0 Å². The van der Waals surface area contributed by atoms with Crippen LogP contribution in [0.5, 0.6) is 5.75 Å². The Morgan fingerprint density at radius 2 is 1.75 bits per heavy atom. The molecule has 0 heterocycles. The van der Waals surface area contributed by atoms with Gasteiger partial charge >= 0.3 is 0 Å². The molecule has 0 aliphatic rings. The highest BCUT2D eigenvalue weighted by atomic mass is 16.5. The van der Waals surface area contributed by atoms with E-state index in [4.69, 9.17) is 16.2 Å². The summed E-state index contributed by atoms with van der Waals surface area (Å²) >= 11 is 0. The number of benzene rings is 1. The summed E-state index contributed by atoms with van der Waals surface area (Å²) in [4.78, 5) is 0. The first-order chi connectivity index (χ1) is 9.47. The Morgan fingerprint density at radius 1 is 1.10 bits per heavy atom. The van der Waals surface area contributed by atoms with Gasteiger partial charge in [0, 0.05) is 0 Å². The molecule has 0 aliphatic carbocycles. The molecule has 114 valence electrons. The molecule has 0 aromatic heterocycles. The molecule has 3 heteroatoms. The predicted molar refractivity (Wildman–Crippen MR) is 86.1 cm³/mol. The number of hydrogen-bond acceptors (Lipinski definition) is 3. The van der Waals surface area contributed by atoms with Crippen molar-refractivity contribution < 1.29 is 4.74 Å². The quantitative estimate of drug-likeness (QED) is 0.768. The number of ether oxygens (including phenoxy) is 1. The van der Waals surface area contributed by atoms with Gasteiger partial charge in [-0.2, -0.15) is 0 Å². The Balaban J connectivity index is 2.71. The first-order valence-electron chi connectivity index (χ1n) is 7.61. The normalized spacial score (nSPS) is 13.0. The topological polar surface area (TPSA) is 61.3 Å². The van der Waals surface area contributed by atoms with Gasteiger partial charge in [0.15, 0.2) is 0 Å². The first-order valence-corrected chi connectivity index (χ1v) is 7.61. The van der Waals surface area contributed by atoms with Crippen LogP contribution in [-0.4, -0.2) is 19.7 Å². The van der Waals surface area contributed by atoms with E-state index in [0.29, 0.717) is 30.8 Å². The summed E-state index contributed by atoms with van der Waals surface area (Å²) in [5.74, 6) is 2.39. The smallest absolute Gasteiger partial charge is 0.119 e. The maximum absolute atomic E-state index is 5.77. The largest absolute Gasteiger partial charge is 0.493 e. The molecule has 0 aliphatic heterocycles. The average molecular weight is 278 g/mol. The highest BCUT2D eigenvalue weighted by Crippen LogP contribution is 2.28. The van der Waals surface area contributed by atoms with Crippen molar-refractivity contribution in [1.82, 2.24) is 0 Å². The molecular formula is C17H30N2O. The summed E-state index contributed by atoms with van der Waals surface area (Å²) in [5, 5.41) is 0. The van der Waals surface area contributed by atoms with Crippen LogP contribution in [-0.2, 0) is 0 Å². The van der Waals surface area contributed by atoms with E-state index in [0.717, 1.165) is 18.8 Å². The third-order valence-corrected chi connectivity index (χ3v) is 3.71. The van der Waals surface area contributed by atoms with E-state index in [9.17, 15) is 0 Å². The minimum atomic E-state index is 0.404. The zero-order chi connectivity index (χ0) is 15.1. The molecule has 1 aromatic carbocycles. The molecule has 1 atom stereocenters. The highest BCUT2D eigenvalue weighted by molar-refractivity contribution is 5.36. The molecule has 0 fully saturated rings. The summed E-state index contributed by atoms with van der Waals surface area (Å²) in [6, 6.07) is 6.38. The summed E-state index contributed by atoms with van der Waals surface area (Å²) < 4.78 is 5.77. The Bertz CT molecular complexity index is 400. The third kappa shape index (κ3) is 5.14. The second-order valence-electron chi connectivity index (χ2n) is 6.20. The molecule has 0 amide bonds. The van der Waals surface area contributed by atoms with Gasteiger partial charge in [0.25, 0.3) is 0 Å². The summed E-state index contributed by atoms with van der Waals surface area (Å²) in [6.45, 7) is 10.8. The molecule has 0 bridgehead atoms. The van der Waals surface area contributed by atoms with E-state index in [1.54, 1.807) is 0 Å². The molecule has 3 nitrogen and oxygen atoms in total. The monoisotopic (exact) mass is 278 g/mol. The fourth-order valence-electron chi connectivity index (χ4n) is 2.47. The number of aryl methyl sites for hydroxylation is 1. The van der Waals surface area contributed by atoms with Crippen LogP contribution in [0, 0.1) is 18.8 Å². The minimum Gasteiger partial charge on any atom is -0.493 e. The van der Waals surface area contributed by atoms with Gasteiger partial charge in [-0.3, -0.25) is 0 Å². The van der Waals surface area contributed by atoms with E-state index in [1.165, 1.54) is 11.1 Å². The molecule has 0 saturated heterocycles. The zero-order valence-electron chi connectivity index (χ0n) is 13.4. The lowest BCUT2D eigenvalue weighted by atomic mass is 9.88. The van der Waals surface area contributed by atoms with E-state index < -0.39 is 0 Å². The van der Waals surface area contributed by atoms with Crippen molar-refractivity contribution in [1.29, 1.82) is 0 Å². The Kier molecular flexibility index (Phi) is 7.03. The summed E-state index contributed by atoms with van der Waals surface area (Å²) in [5.41, 5.74) is 14.1. The highest BCUT2D eigenvalue weighted by Gasteiger charge is 2.14. The van der Waals surface area contributed by atoms with Crippen molar-refractivity contribution in [2.24, 2.45) is 23.3 Å². The standard InChI is InChI=1S/C17H30N2O/c1-12(2)11-20-16-5-6-17(14(4)8-16)13(3)7-15(9-18)10-19/h5-6,8,12-13,15H,7,9-11,18-19H2,1-4H3. The summed E-state index contributed by atoms with van der Waals surface area (Å²) in [6.07, 6.45) is 1.04. The first kappa shape index (κ1) is 17.0. The lowest BCUT2D eigenvalue weighted by molar-refractivity contribution is 0.271. The molecule has 20 heavy (non-hydrogen) atoms. The zero-order valence-corrected chi connectivity index (χ0v) is 13.4. The fourth-order valence-corrected chi connectivity index (χ4v) is 2.47. The van der Waals surface area contributed by atoms with Crippen LogP contribution in [0.2, 0.25) is 0 Å². The van der Waals surface area contributed by atoms with E-state index >= 15 is 0 Å². The summed E-state index contributed by atoms with van der Waals surface area (Å²) in [7, 11) is 0. The van der Waals surface area contributed by atoms with Gasteiger partial charge in [0.1, 0.15) is 5.75 Å². The van der Waals surface area contributed by atoms with Crippen LogP contribution in [0.15, 0.2) is 18.2 Å². The van der Waals surface area contributed by atoms with Gasteiger partial charge in [0.2, 0.25) is 0 Å². The average Bonchev–Trinajstić information content (AvgIpc) is 2.42. The van der Waals surface area contributed by atoms with Crippen LogP contribution in [0.4, 0.5) is 0 Å². The van der Waals surface area contributed by atoms with Crippen LogP contribution in [0.25, 0.3) is 0 Å². The predicted octanol–water partition coefficient (Wildman–Crippen LogP) is 3.06. The van der Waals surface area contributed by atoms with Crippen molar-refractivity contribution in [3.63, 3.8) is 0 Å². The van der Waals surface area contributed by atoms with Gasteiger partial charge < -0.3 is 16.2 Å². The SMILES string of the molecule is Cc1cc(OCC(C)C)ccc1C(C)CC(CN)CN. The molecule has 0 saturated carbocycles. The number of hydrogen-bond donors (Lipinski definition) is 2. The molecule has 1 unspecified atom stereocenters. The van der Waals surface area contributed by atoms with Crippen LogP contribution >= 0.6 is 0 Å². The number of nitrogens with two attached hydrogens (primary N) is 2. The second-order valence-corrected chi connectivity index (χ2v) is 6.20. The molecule has 0 radical (unpaired) electrons. The fraction of sp³-hybridized carbons (Fsp3) is 0.647. The van der Waals surface area contributed by atoms with Gasteiger partial charge in [-0.15, -0.1) is 0 Å². The van der Waals surface area contributed by atoms with Crippen LogP contribution in [0.1, 0.15) is 44.2 Å². The van der Waals surface area contributed by atoms with Gasteiger partial charge in [-0.1, -0.05) is 26.8 Å².